The molecule has 0 aliphatic carbocycles. The van der Waals surface area contributed by atoms with Gasteiger partial charge in [-0.15, -0.1) is 0 Å². The number of nitrogens with zero attached hydrogens (tertiary/aromatic N) is 1. The van der Waals surface area contributed by atoms with Crippen LogP contribution >= 0.6 is 11.6 Å². The molecule has 0 saturated carbocycles. The van der Waals surface area contributed by atoms with E-state index in [0.29, 0.717) is 5.02 Å². The number of hydrogen-bond donors (Lipinski definition) is 1. The predicted molar refractivity (Wildman–Crippen MR) is 59.1 cm³/mol. The predicted octanol–water partition coefficient (Wildman–Crippen LogP) is 3.20. The molecule has 2 aromatic rings. The van der Waals surface area contributed by atoms with E-state index in [4.69, 9.17) is 16.3 Å². The molecule has 1 aromatic carbocycles. The normalized spacial score (nSPS) is 12.4. The van der Waals surface area contributed by atoms with Crippen molar-refractivity contribution in [1.82, 2.24) is 10.2 Å². The zero-order chi connectivity index (χ0) is 10.7. The average Bonchev–Trinajstić information content (AvgIpc) is 2.74. The quantitative estimate of drug-likeness (QED) is 0.866. The molecule has 0 radical (unpaired) electrons. The molecule has 0 spiro atoms. The minimum absolute atomic E-state index is 0.0475. The van der Waals surface area contributed by atoms with Crippen molar-refractivity contribution in [1.29, 1.82) is 0 Å². The lowest BCUT2D eigenvalue weighted by atomic mass is 10.3. The van der Waals surface area contributed by atoms with Crippen molar-refractivity contribution in [2.45, 2.75) is 13.0 Å². The summed E-state index contributed by atoms with van der Waals surface area (Å²) in [5.74, 6) is 0.793. The Morgan fingerprint density at radius 2 is 2.00 bits per heavy atom. The Hall–Kier alpha value is -1.48. The van der Waals surface area contributed by atoms with E-state index in [9.17, 15) is 0 Å². The van der Waals surface area contributed by atoms with Gasteiger partial charge < -0.3 is 4.74 Å². The van der Waals surface area contributed by atoms with Crippen LogP contribution in [0.2, 0.25) is 5.02 Å². The van der Waals surface area contributed by atoms with E-state index in [0.717, 1.165) is 11.4 Å². The van der Waals surface area contributed by atoms with Crippen molar-refractivity contribution in [3.63, 3.8) is 0 Å². The molecular formula is C11H11ClN2O. The van der Waals surface area contributed by atoms with Gasteiger partial charge in [0.15, 0.2) is 0 Å². The zero-order valence-electron chi connectivity index (χ0n) is 8.27. The molecule has 2 rings (SSSR count). The molecule has 1 heterocycles. The van der Waals surface area contributed by atoms with E-state index in [1.807, 2.05) is 25.1 Å². The van der Waals surface area contributed by atoms with Crippen molar-refractivity contribution in [3.8, 4) is 5.75 Å². The lowest BCUT2D eigenvalue weighted by Gasteiger charge is -2.12. The number of ether oxygens (including phenoxy) is 1. The highest BCUT2D eigenvalue weighted by Gasteiger charge is 2.07. The van der Waals surface area contributed by atoms with Crippen LogP contribution in [0.15, 0.2) is 36.5 Å². The lowest BCUT2D eigenvalue weighted by Crippen LogP contribution is -2.03. The van der Waals surface area contributed by atoms with Crippen LogP contribution in [0.1, 0.15) is 18.7 Å². The van der Waals surface area contributed by atoms with Gasteiger partial charge in [-0.1, -0.05) is 11.6 Å². The highest BCUT2D eigenvalue weighted by atomic mass is 35.5. The Morgan fingerprint density at radius 1 is 1.27 bits per heavy atom. The lowest BCUT2D eigenvalue weighted by molar-refractivity contribution is 0.222. The number of nitrogens with one attached hydrogen (secondary N) is 1. The van der Waals surface area contributed by atoms with E-state index in [-0.39, 0.29) is 6.10 Å². The topological polar surface area (TPSA) is 37.9 Å². The van der Waals surface area contributed by atoms with E-state index >= 15 is 0 Å². The number of H-pyrrole nitrogens is 1. The summed E-state index contributed by atoms with van der Waals surface area (Å²) in [7, 11) is 0. The number of halogens is 1. The van der Waals surface area contributed by atoms with Crippen molar-refractivity contribution < 1.29 is 4.74 Å². The van der Waals surface area contributed by atoms with Crippen molar-refractivity contribution in [2.24, 2.45) is 0 Å². The van der Waals surface area contributed by atoms with Crippen molar-refractivity contribution in [2.75, 3.05) is 0 Å². The van der Waals surface area contributed by atoms with Gasteiger partial charge >= 0.3 is 0 Å². The first-order chi connectivity index (χ1) is 7.25. The highest BCUT2D eigenvalue weighted by molar-refractivity contribution is 6.30. The van der Waals surface area contributed by atoms with Crippen LogP contribution in [0.4, 0.5) is 0 Å². The number of aromatic nitrogens is 2. The van der Waals surface area contributed by atoms with Gasteiger partial charge in [-0.3, -0.25) is 5.10 Å². The van der Waals surface area contributed by atoms with E-state index < -0.39 is 0 Å². The Balaban J connectivity index is 2.06. The maximum absolute atomic E-state index is 5.78. The molecular weight excluding hydrogens is 212 g/mol. The Labute approximate surface area is 93.0 Å². The molecule has 0 aliphatic heterocycles. The maximum atomic E-state index is 5.78. The maximum Gasteiger partial charge on any atom is 0.137 e. The second kappa shape index (κ2) is 4.36. The number of aromatic amines is 1. The van der Waals surface area contributed by atoms with Gasteiger partial charge in [0.2, 0.25) is 0 Å². The third-order valence-electron chi connectivity index (χ3n) is 2.09. The fourth-order valence-corrected chi connectivity index (χ4v) is 1.40. The van der Waals surface area contributed by atoms with Gasteiger partial charge in [-0.25, -0.2) is 0 Å². The molecule has 0 saturated heterocycles. The smallest absolute Gasteiger partial charge is 0.137 e. The first-order valence-corrected chi connectivity index (χ1v) is 5.05. The second-order valence-corrected chi connectivity index (χ2v) is 3.66. The fraction of sp³-hybridized carbons (Fsp3) is 0.182. The highest BCUT2D eigenvalue weighted by Crippen LogP contribution is 2.21. The van der Waals surface area contributed by atoms with E-state index in [1.165, 1.54) is 0 Å². The largest absolute Gasteiger partial charge is 0.484 e. The van der Waals surface area contributed by atoms with Crippen LogP contribution in [0.25, 0.3) is 0 Å². The second-order valence-electron chi connectivity index (χ2n) is 3.23. The molecule has 1 aromatic heterocycles. The van der Waals surface area contributed by atoms with Crippen LogP contribution in [-0.2, 0) is 0 Å². The summed E-state index contributed by atoms with van der Waals surface area (Å²) in [4.78, 5) is 0. The SMILES string of the molecule is C[C@H](Oc1ccc(Cl)cc1)c1ccn[nH]1. The molecule has 0 amide bonds. The first kappa shape index (κ1) is 10.1. The van der Waals surface area contributed by atoms with Crippen molar-refractivity contribution >= 4 is 11.6 Å². The standard InChI is InChI=1S/C11H11ClN2O/c1-8(11-6-7-13-14-11)15-10-4-2-9(12)3-5-10/h2-8H,1H3,(H,13,14)/t8-/m0/s1. The summed E-state index contributed by atoms with van der Waals surface area (Å²) in [5.41, 5.74) is 0.949. The molecule has 3 nitrogen and oxygen atoms in total. The van der Waals surface area contributed by atoms with Gasteiger partial charge in [0.25, 0.3) is 0 Å². The summed E-state index contributed by atoms with van der Waals surface area (Å²) in [6.45, 7) is 1.96. The van der Waals surface area contributed by atoms with Crippen LogP contribution in [-0.4, -0.2) is 10.2 Å². The monoisotopic (exact) mass is 222 g/mol. The minimum Gasteiger partial charge on any atom is -0.484 e. The molecule has 0 aliphatic rings. The Bertz CT molecular complexity index is 411. The van der Waals surface area contributed by atoms with Gasteiger partial charge in [0, 0.05) is 11.2 Å². The number of benzene rings is 1. The fourth-order valence-electron chi connectivity index (χ4n) is 1.27. The number of hydrogen-bond acceptors (Lipinski definition) is 2. The molecule has 1 atom stereocenters. The molecule has 0 unspecified atom stereocenters. The van der Waals surface area contributed by atoms with E-state index in [1.54, 1.807) is 18.3 Å². The van der Waals surface area contributed by atoms with Crippen molar-refractivity contribution in [3.05, 3.63) is 47.2 Å². The van der Waals surface area contributed by atoms with Gasteiger partial charge in [0.1, 0.15) is 11.9 Å². The summed E-state index contributed by atoms with van der Waals surface area (Å²) in [6, 6.07) is 9.18. The van der Waals surface area contributed by atoms with Crippen LogP contribution in [0.5, 0.6) is 5.75 Å². The molecule has 1 N–H and O–H groups in total. The third-order valence-corrected chi connectivity index (χ3v) is 2.34. The summed E-state index contributed by atoms with van der Waals surface area (Å²) in [5, 5.41) is 7.45. The molecule has 15 heavy (non-hydrogen) atoms. The molecule has 0 bridgehead atoms. The van der Waals surface area contributed by atoms with Gasteiger partial charge in [-0.2, -0.15) is 5.10 Å². The van der Waals surface area contributed by atoms with Crippen LogP contribution < -0.4 is 4.74 Å². The molecule has 0 fully saturated rings. The summed E-state index contributed by atoms with van der Waals surface area (Å²) < 4.78 is 5.68. The zero-order valence-corrected chi connectivity index (χ0v) is 9.03. The first-order valence-electron chi connectivity index (χ1n) is 4.67. The Morgan fingerprint density at radius 3 is 2.60 bits per heavy atom. The summed E-state index contributed by atoms with van der Waals surface area (Å²) in [6.07, 6.45) is 1.66. The molecule has 78 valence electrons. The molecule has 4 heteroatoms. The minimum atomic E-state index is -0.0475. The van der Waals surface area contributed by atoms with Gasteiger partial charge in [0.05, 0.1) is 5.69 Å². The third kappa shape index (κ3) is 2.50. The van der Waals surface area contributed by atoms with E-state index in [2.05, 4.69) is 10.2 Å². The van der Waals surface area contributed by atoms with Crippen LogP contribution in [0, 0.1) is 0 Å². The summed E-state index contributed by atoms with van der Waals surface area (Å²) >= 11 is 5.78. The average molecular weight is 223 g/mol. The van der Waals surface area contributed by atoms with Gasteiger partial charge in [-0.05, 0) is 37.3 Å². The Kier molecular flexibility index (Phi) is 2.92. The van der Waals surface area contributed by atoms with Crippen LogP contribution in [0.3, 0.4) is 0 Å². The number of rotatable bonds is 3.